The molecule has 0 radical (unpaired) electrons. The predicted molar refractivity (Wildman–Crippen MR) is 191 cm³/mol. The molecule has 0 saturated carbocycles. The summed E-state index contributed by atoms with van der Waals surface area (Å²) in [5.41, 5.74) is 3.76. The summed E-state index contributed by atoms with van der Waals surface area (Å²) in [4.78, 5) is 31.3. The number of hydrogen-bond donors (Lipinski definition) is 3. The summed E-state index contributed by atoms with van der Waals surface area (Å²) in [6, 6.07) is 23.9. The molecule has 3 aliphatic rings. The summed E-state index contributed by atoms with van der Waals surface area (Å²) in [5.74, 6) is -0.194. The first-order chi connectivity index (χ1) is 24.8. The third-order valence-corrected chi connectivity index (χ3v) is 10.3. The first kappa shape index (κ1) is 36.8. The lowest BCUT2D eigenvalue weighted by Crippen LogP contribution is -2.49. The van der Waals surface area contributed by atoms with Crippen LogP contribution in [0.15, 0.2) is 78.9 Å². The third-order valence-electron chi connectivity index (χ3n) is 10.3. The van der Waals surface area contributed by atoms with Crippen LogP contribution < -0.4 is 10.1 Å². The van der Waals surface area contributed by atoms with Gasteiger partial charge in [0.2, 0.25) is 5.91 Å². The maximum absolute atomic E-state index is 14.2. The monoisotopic (exact) mass is 701 g/mol. The van der Waals surface area contributed by atoms with Crippen LogP contribution in [0.25, 0.3) is 0 Å². The molecule has 3 aromatic carbocycles. The van der Waals surface area contributed by atoms with Crippen LogP contribution in [-0.4, -0.2) is 116 Å². The molecule has 274 valence electrons. The maximum atomic E-state index is 14.2. The van der Waals surface area contributed by atoms with Gasteiger partial charge in [-0.25, -0.2) is 4.79 Å². The quantitative estimate of drug-likeness (QED) is 0.218. The minimum absolute atomic E-state index is 0.0791. The van der Waals surface area contributed by atoms with Crippen LogP contribution in [0.1, 0.15) is 41.1 Å². The summed E-state index contributed by atoms with van der Waals surface area (Å²) < 4.78 is 22.6. The van der Waals surface area contributed by atoms with Crippen molar-refractivity contribution in [2.45, 2.75) is 62.5 Å². The van der Waals surface area contributed by atoms with E-state index < -0.39 is 36.3 Å². The number of carbonyl (C=O) groups excluding carboxylic acids is 2. The topological polar surface area (TPSA) is 130 Å². The third kappa shape index (κ3) is 10.1. The Balaban J connectivity index is 1.18. The summed E-state index contributed by atoms with van der Waals surface area (Å²) in [7, 11) is 1.63. The number of hydrogen-bond acceptors (Lipinski definition) is 9. The van der Waals surface area contributed by atoms with Gasteiger partial charge in [-0.05, 0) is 53.6 Å². The average Bonchev–Trinajstić information content (AvgIpc) is 3.78. The van der Waals surface area contributed by atoms with Crippen molar-refractivity contribution < 1.29 is 38.7 Å². The molecule has 0 bridgehead atoms. The van der Waals surface area contributed by atoms with E-state index in [9.17, 15) is 19.8 Å². The van der Waals surface area contributed by atoms with Crippen LogP contribution in [0.3, 0.4) is 0 Å². The Labute approximate surface area is 300 Å². The summed E-state index contributed by atoms with van der Waals surface area (Å²) in [5, 5.41) is 26.0. The minimum Gasteiger partial charge on any atom is -0.492 e. The second kappa shape index (κ2) is 18.0. The smallest absolute Gasteiger partial charge is 0.410 e. The fraction of sp³-hybridized carbons (Fsp3) is 0.500. The van der Waals surface area contributed by atoms with Crippen molar-refractivity contribution in [3.8, 4) is 5.75 Å². The van der Waals surface area contributed by atoms with Crippen LogP contribution in [0.5, 0.6) is 5.75 Å². The number of amides is 2. The molecule has 0 aromatic heterocycles. The van der Waals surface area contributed by atoms with Crippen molar-refractivity contribution in [1.29, 1.82) is 0 Å². The zero-order valence-electron chi connectivity index (χ0n) is 29.4. The number of fused-ring (bicyclic) bond motifs is 1. The minimum atomic E-state index is -1.07. The lowest BCUT2D eigenvalue weighted by molar-refractivity contribution is -0.128. The second-order valence-electron chi connectivity index (χ2n) is 13.8. The highest BCUT2D eigenvalue weighted by molar-refractivity contribution is 5.80. The number of nitrogens with one attached hydrogen (secondary N) is 1. The fourth-order valence-corrected chi connectivity index (χ4v) is 7.23. The number of ether oxygens (including phenoxy) is 4. The second-order valence-corrected chi connectivity index (χ2v) is 13.8. The first-order valence-corrected chi connectivity index (χ1v) is 18.2. The van der Waals surface area contributed by atoms with Gasteiger partial charge in [0.05, 0.1) is 50.7 Å². The van der Waals surface area contributed by atoms with Crippen molar-refractivity contribution in [3.63, 3.8) is 0 Å². The van der Waals surface area contributed by atoms with E-state index in [1.54, 1.807) is 7.05 Å². The van der Waals surface area contributed by atoms with E-state index in [0.29, 0.717) is 45.5 Å². The molecule has 2 amide bonds. The van der Waals surface area contributed by atoms with E-state index in [1.807, 2.05) is 78.9 Å². The number of aliphatic hydroxyl groups excluding tert-OH is 2. The first-order valence-electron chi connectivity index (χ1n) is 18.2. The molecule has 6 rings (SSSR count). The molecule has 2 heterocycles. The normalized spacial score (nSPS) is 22.1. The van der Waals surface area contributed by atoms with E-state index in [0.717, 1.165) is 60.9 Å². The number of carbonyl (C=O) groups is 2. The van der Waals surface area contributed by atoms with Crippen LogP contribution in [0.2, 0.25) is 0 Å². The Kier molecular flexibility index (Phi) is 13.0. The summed E-state index contributed by atoms with van der Waals surface area (Å²) >= 11 is 0. The SMILES string of the molecule is CN(C(=O)OC1CCOC1)C(Cc1ccccc1)C(O)CC(Cc1ccc(OCCN2CCOCC2)cc1)C(=O)N[C@H]1c2ccccc2C[C@@H]1O. The van der Waals surface area contributed by atoms with E-state index >= 15 is 0 Å². The van der Waals surface area contributed by atoms with Crippen molar-refractivity contribution in [2.24, 2.45) is 5.92 Å². The Bertz CT molecular complexity index is 1540. The van der Waals surface area contributed by atoms with Crippen molar-refractivity contribution in [3.05, 3.63) is 101 Å². The number of aliphatic hydroxyl groups is 2. The summed E-state index contributed by atoms with van der Waals surface area (Å²) in [6.07, 6.45) is -0.821. The molecule has 0 spiro atoms. The van der Waals surface area contributed by atoms with Crippen LogP contribution >= 0.6 is 0 Å². The van der Waals surface area contributed by atoms with E-state index in [2.05, 4.69) is 10.2 Å². The highest BCUT2D eigenvalue weighted by atomic mass is 16.6. The van der Waals surface area contributed by atoms with Gasteiger partial charge in [-0.3, -0.25) is 9.69 Å². The molecule has 2 saturated heterocycles. The van der Waals surface area contributed by atoms with Gasteiger partial charge >= 0.3 is 6.09 Å². The molecule has 2 aliphatic heterocycles. The fourth-order valence-electron chi connectivity index (χ4n) is 7.23. The Morgan fingerprint density at radius 1 is 0.941 bits per heavy atom. The van der Waals surface area contributed by atoms with Crippen molar-refractivity contribution in [1.82, 2.24) is 15.1 Å². The molecule has 1 aliphatic carbocycles. The lowest BCUT2D eigenvalue weighted by atomic mass is 9.88. The lowest BCUT2D eigenvalue weighted by Gasteiger charge is -2.34. The Morgan fingerprint density at radius 3 is 2.41 bits per heavy atom. The molecule has 3 N–H and O–H groups in total. The maximum Gasteiger partial charge on any atom is 0.410 e. The molecule has 2 fully saturated rings. The van der Waals surface area contributed by atoms with E-state index in [-0.39, 0.29) is 18.4 Å². The van der Waals surface area contributed by atoms with Crippen LogP contribution in [-0.2, 0) is 38.3 Å². The van der Waals surface area contributed by atoms with Gasteiger partial charge < -0.3 is 39.4 Å². The number of rotatable bonds is 15. The molecule has 11 nitrogen and oxygen atoms in total. The van der Waals surface area contributed by atoms with E-state index in [1.165, 1.54) is 4.90 Å². The zero-order chi connectivity index (χ0) is 35.6. The number of morpholine rings is 1. The standard InChI is InChI=1S/C40H51N3O8/c1-42(40(47)51-33-15-19-49-27-33)35(24-28-7-3-2-4-8-28)36(44)26-31(39(46)41-38-34-10-6-5-9-30(34)25-37(38)45)23-29-11-13-32(14-12-29)50-22-18-43-16-20-48-21-17-43/h2-14,31,33,35-38,44-45H,15-27H2,1H3,(H,41,46)/t31?,33?,35?,36?,37-,38-/m0/s1. The number of benzene rings is 3. The van der Waals surface area contributed by atoms with Gasteiger partial charge in [0.25, 0.3) is 0 Å². The van der Waals surface area contributed by atoms with Crippen molar-refractivity contribution >= 4 is 12.0 Å². The largest absolute Gasteiger partial charge is 0.492 e. The van der Waals surface area contributed by atoms with Crippen LogP contribution in [0, 0.1) is 5.92 Å². The van der Waals surface area contributed by atoms with Gasteiger partial charge in [-0.1, -0.05) is 66.7 Å². The van der Waals surface area contributed by atoms with Gasteiger partial charge in [0, 0.05) is 45.4 Å². The molecule has 4 unspecified atom stereocenters. The Hall–Kier alpha value is -4.00. The molecule has 3 aromatic rings. The van der Waals surface area contributed by atoms with Gasteiger partial charge in [0.1, 0.15) is 18.5 Å². The highest BCUT2D eigenvalue weighted by Crippen LogP contribution is 2.32. The number of likely N-dealkylation sites (N-methyl/N-ethyl adjacent to an activating group) is 1. The summed E-state index contributed by atoms with van der Waals surface area (Å²) in [6.45, 7) is 5.56. The van der Waals surface area contributed by atoms with Gasteiger partial charge in [-0.2, -0.15) is 0 Å². The number of nitrogens with zero attached hydrogens (tertiary/aromatic N) is 2. The zero-order valence-corrected chi connectivity index (χ0v) is 29.4. The molecule has 11 heteroatoms. The Morgan fingerprint density at radius 2 is 1.67 bits per heavy atom. The molecule has 6 atom stereocenters. The molecular weight excluding hydrogens is 650 g/mol. The van der Waals surface area contributed by atoms with Gasteiger partial charge in [-0.15, -0.1) is 0 Å². The van der Waals surface area contributed by atoms with Gasteiger partial charge in [0.15, 0.2) is 0 Å². The molecule has 51 heavy (non-hydrogen) atoms. The van der Waals surface area contributed by atoms with E-state index in [4.69, 9.17) is 18.9 Å². The average molecular weight is 702 g/mol. The highest BCUT2D eigenvalue weighted by Gasteiger charge is 2.37. The molecular formula is C40H51N3O8. The van der Waals surface area contributed by atoms with Crippen LogP contribution in [0.4, 0.5) is 4.79 Å². The predicted octanol–water partition coefficient (Wildman–Crippen LogP) is 3.55. The van der Waals surface area contributed by atoms with Crippen molar-refractivity contribution in [2.75, 3.05) is 59.7 Å².